The van der Waals surface area contributed by atoms with E-state index in [1.165, 1.54) is 7.11 Å². The second-order valence-corrected chi connectivity index (χ2v) is 4.06. The number of nitrogens with one attached hydrogen (secondary N) is 2. The number of benzene rings is 1. The molecule has 0 radical (unpaired) electrons. The van der Waals surface area contributed by atoms with Crippen LogP contribution in [0.1, 0.15) is 0 Å². The van der Waals surface area contributed by atoms with Gasteiger partial charge in [-0.15, -0.1) is 0 Å². The molecular weight excluding hydrogens is 276 g/mol. The molecule has 0 aliphatic carbocycles. The molecule has 0 fully saturated rings. The minimum atomic E-state index is -0.386. The number of carbonyl (C=O) groups is 2. The molecule has 0 bridgehead atoms. The number of amides is 2. The summed E-state index contributed by atoms with van der Waals surface area (Å²) < 4.78 is 15.2. The van der Waals surface area contributed by atoms with Gasteiger partial charge in [0, 0.05) is 13.7 Å². The third kappa shape index (κ3) is 6.62. The molecule has 0 atom stereocenters. The molecule has 7 heteroatoms. The standard InChI is InChI=1S/C14H20N2O5/c1-19-8-7-15-13(17)9-16-14(18)10-21-12-6-4-3-5-11(12)20-2/h3-6H,7-10H2,1-2H3,(H,15,17)(H,16,18). The highest BCUT2D eigenvalue weighted by atomic mass is 16.5. The van der Waals surface area contributed by atoms with Crippen LogP contribution >= 0.6 is 0 Å². The third-order valence-corrected chi connectivity index (χ3v) is 2.50. The lowest BCUT2D eigenvalue weighted by Crippen LogP contribution is -2.39. The Hall–Kier alpha value is -2.28. The molecule has 0 unspecified atom stereocenters. The predicted molar refractivity (Wildman–Crippen MR) is 76.4 cm³/mol. The summed E-state index contributed by atoms with van der Waals surface area (Å²) in [6.45, 7) is 0.545. The average molecular weight is 296 g/mol. The second kappa shape index (κ2) is 9.60. The van der Waals surface area contributed by atoms with Gasteiger partial charge in [-0.2, -0.15) is 0 Å². The molecule has 0 spiro atoms. The maximum atomic E-state index is 11.6. The number of hydrogen-bond donors (Lipinski definition) is 2. The molecular formula is C14H20N2O5. The van der Waals surface area contributed by atoms with Gasteiger partial charge in [-0.05, 0) is 12.1 Å². The van der Waals surface area contributed by atoms with Crippen LogP contribution < -0.4 is 20.1 Å². The van der Waals surface area contributed by atoms with Gasteiger partial charge in [-0.3, -0.25) is 9.59 Å². The average Bonchev–Trinajstić information content (AvgIpc) is 2.51. The highest BCUT2D eigenvalue weighted by Gasteiger charge is 2.08. The van der Waals surface area contributed by atoms with Crippen molar-refractivity contribution in [3.63, 3.8) is 0 Å². The van der Waals surface area contributed by atoms with Crippen molar-refractivity contribution < 1.29 is 23.8 Å². The maximum Gasteiger partial charge on any atom is 0.258 e. The molecule has 21 heavy (non-hydrogen) atoms. The maximum absolute atomic E-state index is 11.6. The molecule has 7 nitrogen and oxygen atoms in total. The first-order chi connectivity index (χ1) is 10.2. The van der Waals surface area contributed by atoms with Crippen molar-refractivity contribution in [1.82, 2.24) is 10.6 Å². The van der Waals surface area contributed by atoms with Gasteiger partial charge in [0.25, 0.3) is 5.91 Å². The van der Waals surface area contributed by atoms with E-state index in [2.05, 4.69) is 10.6 Å². The SMILES string of the molecule is COCCNC(=O)CNC(=O)COc1ccccc1OC. The lowest BCUT2D eigenvalue weighted by molar-refractivity contribution is -0.127. The first kappa shape index (κ1) is 16.8. The Kier molecular flexibility index (Phi) is 7.67. The van der Waals surface area contributed by atoms with Crippen LogP contribution in [-0.2, 0) is 14.3 Å². The zero-order valence-electron chi connectivity index (χ0n) is 12.2. The Morgan fingerprint density at radius 3 is 2.43 bits per heavy atom. The van der Waals surface area contributed by atoms with E-state index in [0.29, 0.717) is 24.7 Å². The lowest BCUT2D eigenvalue weighted by Gasteiger charge is -2.10. The Morgan fingerprint density at radius 1 is 1.05 bits per heavy atom. The summed E-state index contributed by atoms with van der Waals surface area (Å²) in [6.07, 6.45) is 0. The van der Waals surface area contributed by atoms with E-state index >= 15 is 0 Å². The normalized spacial score (nSPS) is 9.81. The van der Waals surface area contributed by atoms with Crippen molar-refractivity contribution >= 4 is 11.8 Å². The van der Waals surface area contributed by atoms with Crippen LogP contribution in [-0.4, -0.2) is 52.3 Å². The molecule has 116 valence electrons. The topological polar surface area (TPSA) is 85.9 Å². The summed E-state index contributed by atoms with van der Waals surface area (Å²) in [4.78, 5) is 22.9. The first-order valence-corrected chi connectivity index (χ1v) is 6.45. The summed E-state index contributed by atoms with van der Waals surface area (Å²) in [6, 6.07) is 7.01. The van der Waals surface area contributed by atoms with Crippen LogP contribution in [0, 0.1) is 0 Å². The summed E-state index contributed by atoms with van der Waals surface area (Å²) in [7, 11) is 3.07. The predicted octanol–water partition coefficient (Wildman–Crippen LogP) is -0.0472. The van der Waals surface area contributed by atoms with E-state index in [-0.39, 0.29) is 25.0 Å². The van der Waals surface area contributed by atoms with Crippen molar-refractivity contribution in [2.24, 2.45) is 0 Å². The largest absolute Gasteiger partial charge is 0.493 e. The van der Waals surface area contributed by atoms with Gasteiger partial charge in [0.15, 0.2) is 18.1 Å². The van der Waals surface area contributed by atoms with Crippen molar-refractivity contribution in [3.05, 3.63) is 24.3 Å². The fraction of sp³-hybridized carbons (Fsp3) is 0.429. The molecule has 1 aromatic carbocycles. The Morgan fingerprint density at radius 2 is 1.76 bits per heavy atom. The van der Waals surface area contributed by atoms with Crippen molar-refractivity contribution in [2.75, 3.05) is 40.5 Å². The van der Waals surface area contributed by atoms with E-state index in [1.807, 2.05) is 0 Å². The van der Waals surface area contributed by atoms with Crippen molar-refractivity contribution in [3.8, 4) is 11.5 Å². The van der Waals surface area contributed by atoms with Crippen LogP contribution in [0.2, 0.25) is 0 Å². The van der Waals surface area contributed by atoms with Gasteiger partial charge in [0.2, 0.25) is 5.91 Å². The zero-order chi connectivity index (χ0) is 15.5. The summed E-state index contributed by atoms with van der Waals surface area (Å²) >= 11 is 0. The molecule has 2 N–H and O–H groups in total. The van der Waals surface area contributed by atoms with E-state index in [1.54, 1.807) is 31.4 Å². The fourth-order valence-corrected chi connectivity index (χ4v) is 1.47. The number of hydrogen-bond acceptors (Lipinski definition) is 5. The number of carbonyl (C=O) groups excluding carboxylic acids is 2. The van der Waals surface area contributed by atoms with Crippen LogP contribution in [0.15, 0.2) is 24.3 Å². The number of rotatable bonds is 9. The van der Waals surface area contributed by atoms with Gasteiger partial charge in [0.1, 0.15) is 0 Å². The Balaban J connectivity index is 2.26. The zero-order valence-corrected chi connectivity index (χ0v) is 12.2. The van der Waals surface area contributed by atoms with Crippen LogP contribution in [0.4, 0.5) is 0 Å². The van der Waals surface area contributed by atoms with Crippen molar-refractivity contribution in [1.29, 1.82) is 0 Å². The summed E-state index contributed by atoms with van der Waals surface area (Å²) in [5.74, 6) is 0.350. The molecule has 1 rings (SSSR count). The van der Waals surface area contributed by atoms with E-state index in [4.69, 9.17) is 14.2 Å². The Bertz CT molecular complexity index is 464. The van der Waals surface area contributed by atoms with Gasteiger partial charge >= 0.3 is 0 Å². The van der Waals surface area contributed by atoms with Crippen molar-refractivity contribution in [2.45, 2.75) is 0 Å². The lowest BCUT2D eigenvalue weighted by atomic mass is 10.3. The van der Waals surface area contributed by atoms with Gasteiger partial charge in [-0.1, -0.05) is 12.1 Å². The first-order valence-electron chi connectivity index (χ1n) is 6.45. The highest BCUT2D eigenvalue weighted by molar-refractivity contribution is 5.85. The van der Waals surface area contributed by atoms with E-state index in [0.717, 1.165) is 0 Å². The van der Waals surface area contributed by atoms with Gasteiger partial charge < -0.3 is 24.8 Å². The number of ether oxygens (including phenoxy) is 3. The molecule has 0 heterocycles. The quantitative estimate of drug-likeness (QED) is 0.624. The monoisotopic (exact) mass is 296 g/mol. The molecule has 2 amide bonds. The molecule has 0 saturated carbocycles. The third-order valence-electron chi connectivity index (χ3n) is 2.50. The van der Waals surface area contributed by atoms with Gasteiger partial charge in [-0.25, -0.2) is 0 Å². The fourth-order valence-electron chi connectivity index (χ4n) is 1.47. The number of methoxy groups -OCH3 is 2. The molecule has 0 aliphatic rings. The minimum Gasteiger partial charge on any atom is -0.493 e. The second-order valence-electron chi connectivity index (χ2n) is 4.06. The van der Waals surface area contributed by atoms with Crippen LogP contribution in [0.25, 0.3) is 0 Å². The summed E-state index contributed by atoms with van der Waals surface area (Å²) in [5, 5.41) is 5.05. The van der Waals surface area contributed by atoms with E-state index < -0.39 is 0 Å². The Labute approximate surface area is 123 Å². The van der Waals surface area contributed by atoms with E-state index in [9.17, 15) is 9.59 Å². The number of para-hydroxylation sites is 2. The molecule has 1 aromatic rings. The molecule has 0 aromatic heterocycles. The van der Waals surface area contributed by atoms with Crippen LogP contribution in [0.5, 0.6) is 11.5 Å². The molecule has 0 aliphatic heterocycles. The highest BCUT2D eigenvalue weighted by Crippen LogP contribution is 2.25. The van der Waals surface area contributed by atoms with Gasteiger partial charge in [0.05, 0.1) is 20.3 Å². The minimum absolute atomic E-state index is 0.0994. The summed E-state index contributed by atoms with van der Waals surface area (Å²) in [5.41, 5.74) is 0. The molecule has 0 saturated heterocycles. The smallest absolute Gasteiger partial charge is 0.258 e. The van der Waals surface area contributed by atoms with Crippen LogP contribution in [0.3, 0.4) is 0 Å².